The molecule has 5 nitrogen and oxygen atoms in total. The summed E-state index contributed by atoms with van der Waals surface area (Å²) in [5.74, 6) is 0.423. The van der Waals surface area contributed by atoms with Gasteiger partial charge in [0.25, 0.3) is 0 Å². The quantitative estimate of drug-likeness (QED) is 0.724. The van der Waals surface area contributed by atoms with Gasteiger partial charge < -0.3 is 5.32 Å². The molecule has 90 valence electrons. The van der Waals surface area contributed by atoms with Gasteiger partial charge in [-0.2, -0.15) is 9.61 Å². The molecule has 1 atom stereocenters. The van der Waals surface area contributed by atoms with Gasteiger partial charge in [0.2, 0.25) is 4.96 Å². The number of aromatic nitrogens is 4. The van der Waals surface area contributed by atoms with Crippen molar-refractivity contribution in [1.82, 2.24) is 19.8 Å². The van der Waals surface area contributed by atoms with Crippen LogP contribution in [0.5, 0.6) is 0 Å². The molecule has 1 aliphatic rings. The molecule has 0 saturated heterocycles. The average Bonchev–Trinajstić information content (AvgIpc) is 2.99. The molecule has 4 rings (SSSR count). The highest BCUT2D eigenvalue weighted by atomic mass is 32.1. The molecular formula is C12H11N5S. The maximum absolute atomic E-state index is 4.54. The van der Waals surface area contributed by atoms with E-state index in [9.17, 15) is 0 Å². The molecule has 18 heavy (non-hydrogen) atoms. The van der Waals surface area contributed by atoms with Crippen molar-refractivity contribution in [2.75, 3.05) is 11.9 Å². The summed E-state index contributed by atoms with van der Waals surface area (Å²) in [6.07, 6.45) is 2.69. The van der Waals surface area contributed by atoms with Gasteiger partial charge in [0.15, 0.2) is 0 Å². The normalized spacial score (nSPS) is 18.6. The van der Waals surface area contributed by atoms with Crippen LogP contribution < -0.4 is 5.32 Å². The van der Waals surface area contributed by atoms with E-state index in [1.807, 2.05) is 0 Å². The maximum Gasteiger partial charge on any atom is 0.234 e. The molecule has 1 unspecified atom stereocenters. The van der Waals surface area contributed by atoms with E-state index in [0.29, 0.717) is 5.92 Å². The molecule has 0 aliphatic carbocycles. The molecule has 1 N–H and O–H groups in total. The van der Waals surface area contributed by atoms with Crippen molar-refractivity contribution >= 4 is 22.0 Å². The summed E-state index contributed by atoms with van der Waals surface area (Å²) in [4.78, 5) is 0.865. The van der Waals surface area contributed by atoms with Gasteiger partial charge in [-0.1, -0.05) is 29.5 Å². The van der Waals surface area contributed by atoms with Gasteiger partial charge in [0, 0.05) is 18.2 Å². The highest BCUT2D eigenvalue weighted by Crippen LogP contribution is 2.31. The lowest BCUT2D eigenvalue weighted by atomic mass is 9.95. The zero-order valence-corrected chi connectivity index (χ0v) is 10.4. The lowest BCUT2D eigenvalue weighted by Crippen LogP contribution is -2.21. The van der Waals surface area contributed by atoms with E-state index in [-0.39, 0.29) is 0 Å². The van der Waals surface area contributed by atoms with E-state index in [1.54, 1.807) is 22.2 Å². The number of hydrogen-bond acceptors (Lipinski definition) is 5. The molecule has 3 heterocycles. The summed E-state index contributed by atoms with van der Waals surface area (Å²) in [5, 5.41) is 17.0. The number of nitrogens with one attached hydrogen (secondary N) is 1. The van der Waals surface area contributed by atoms with Crippen molar-refractivity contribution in [2.45, 2.75) is 12.3 Å². The second kappa shape index (κ2) is 3.78. The summed E-state index contributed by atoms with van der Waals surface area (Å²) >= 11 is 1.62. The molecule has 0 spiro atoms. The van der Waals surface area contributed by atoms with Crippen LogP contribution in [0.15, 0.2) is 30.6 Å². The second-order valence-corrected chi connectivity index (χ2v) is 5.43. The number of benzene rings is 1. The highest BCUT2D eigenvalue weighted by molar-refractivity contribution is 7.16. The fourth-order valence-corrected chi connectivity index (χ4v) is 3.28. The Morgan fingerprint density at radius 2 is 2.28 bits per heavy atom. The van der Waals surface area contributed by atoms with Crippen molar-refractivity contribution in [1.29, 1.82) is 0 Å². The van der Waals surface area contributed by atoms with E-state index in [1.165, 1.54) is 11.3 Å². The first-order chi connectivity index (χ1) is 8.90. The predicted molar refractivity (Wildman–Crippen MR) is 70.0 cm³/mol. The molecular weight excluding hydrogens is 246 g/mol. The number of para-hydroxylation sites is 1. The van der Waals surface area contributed by atoms with Crippen molar-refractivity contribution in [2.24, 2.45) is 0 Å². The van der Waals surface area contributed by atoms with Crippen LogP contribution in [0.1, 0.15) is 16.5 Å². The fraction of sp³-hybridized carbons (Fsp3) is 0.250. The van der Waals surface area contributed by atoms with Gasteiger partial charge >= 0.3 is 0 Å². The molecule has 0 radical (unpaired) electrons. The van der Waals surface area contributed by atoms with E-state index < -0.39 is 0 Å². The van der Waals surface area contributed by atoms with Crippen LogP contribution in [0.4, 0.5) is 5.69 Å². The summed E-state index contributed by atoms with van der Waals surface area (Å²) in [7, 11) is 0. The third kappa shape index (κ3) is 1.49. The van der Waals surface area contributed by atoms with E-state index in [2.05, 4.69) is 44.9 Å². The van der Waals surface area contributed by atoms with Gasteiger partial charge in [-0.15, -0.1) is 10.2 Å². The number of anilines is 1. The van der Waals surface area contributed by atoms with Crippen molar-refractivity contribution in [3.63, 3.8) is 0 Å². The maximum atomic E-state index is 4.54. The lowest BCUT2D eigenvalue weighted by Gasteiger charge is -2.24. The first kappa shape index (κ1) is 10.0. The van der Waals surface area contributed by atoms with Crippen LogP contribution in [0.2, 0.25) is 0 Å². The largest absolute Gasteiger partial charge is 0.384 e. The van der Waals surface area contributed by atoms with Gasteiger partial charge in [-0.05, 0) is 18.1 Å². The Morgan fingerprint density at radius 3 is 3.22 bits per heavy atom. The van der Waals surface area contributed by atoms with Crippen LogP contribution in [0.3, 0.4) is 0 Å². The summed E-state index contributed by atoms with van der Waals surface area (Å²) in [5.41, 5.74) is 2.61. The zero-order valence-electron chi connectivity index (χ0n) is 9.58. The lowest BCUT2D eigenvalue weighted by molar-refractivity contribution is 0.673. The van der Waals surface area contributed by atoms with Gasteiger partial charge in [0.05, 0.1) is 0 Å². The zero-order chi connectivity index (χ0) is 11.9. The summed E-state index contributed by atoms with van der Waals surface area (Å²) in [6.45, 7) is 0.932. The van der Waals surface area contributed by atoms with Crippen LogP contribution in [-0.4, -0.2) is 26.4 Å². The predicted octanol–water partition coefficient (Wildman–Crippen LogP) is 1.94. The summed E-state index contributed by atoms with van der Waals surface area (Å²) in [6, 6.07) is 8.45. The third-order valence-corrected chi connectivity index (χ3v) is 4.35. The van der Waals surface area contributed by atoms with Crippen LogP contribution >= 0.6 is 11.3 Å². The molecule has 1 aliphatic heterocycles. The van der Waals surface area contributed by atoms with Crippen molar-refractivity contribution < 1.29 is 0 Å². The van der Waals surface area contributed by atoms with Crippen LogP contribution in [0.25, 0.3) is 4.96 Å². The summed E-state index contributed by atoms with van der Waals surface area (Å²) < 4.78 is 1.75. The molecule has 0 bridgehead atoms. The minimum Gasteiger partial charge on any atom is -0.384 e. The van der Waals surface area contributed by atoms with Crippen LogP contribution in [-0.2, 0) is 6.42 Å². The molecule has 0 amide bonds. The first-order valence-corrected chi connectivity index (χ1v) is 6.70. The Morgan fingerprint density at radius 1 is 1.33 bits per heavy atom. The monoisotopic (exact) mass is 257 g/mol. The smallest absolute Gasteiger partial charge is 0.234 e. The molecule has 2 aromatic heterocycles. The van der Waals surface area contributed by atoms with Crippen molar-refractivity contribution in [3.8, 4) is 0 Å². The minimum absolute atomic E-state index is 0.423. The Labute approximate surface area is 107 Å². The molecule has 6 heteroatoms. The van der Waals surface area contributed by atoms with Crippen LogP contribution in [0, 0.1) is 0 Å². The highest BCUT2D eigenvalue weighted by Gasteiger charge is 2.23. The second-order valence-electron chi connectivity index (χ2n) is 4.44. The number of hydrogen-bond donors (Lipinski definition) is 1. The number of fused-ring (bicyclic) bond motifs is 2. The van der Waals surface area contributed by atoms with E-state index in [0.717, 1.165) is 22.9 Å². The average molecular weight is 257 g/mol. The minimum atomic E-state index is 0.423. The van der Waals surface area contributed by atoms with E-state index >= 15 is 0 Å². The Hall–Kier alpha value is -1.95. The first-order valence-electron chi connectivity index (χ1n) is 5.89. The molecule has 3 aromatic rings. The Kier molecular flexibility index (Phi) is 2.10. The number of rotatable bonds is 1. The SMILES string of the molecule is c1ccc2c(c1)CC(c1nn3cnnc3s1)CN2. The van der Waals surface area contributed by atoms with Gasteiger partial charge in [-0.3, -0.25) is 0 Å². The molecule has 0 fully saturated rings. The van der Waals surface area contributed by atoms with E-state index in [4.69, 9.17) is 0 Å². The van der Waals surface area contributed by atoms with Crippen molar-refractivity contribution in [3.05, 3.63) is 41.2 Å². The van der Waals surface area contributed by atoms with Gasteiger partial charge in [0.1, 0.15) is 11.3 Å². The molecule has 1 aromatic carbocycles. The Bertz CT molecular complexity index is 673. The Balaban J connectivity index is 1.69. The third-order valence-electron chi connectivity index (χ3n) is 3.27. The molecule has 0 saturated carbocycles. The number of nitrogens with zero attached hydrogens (tertiary/aromatic N) is 4. The van der Waals surface area contributed by atoms with Gasteiger partial charge in [-0.25, -0.2) is 0 Å². The fourth-order valence-electron chi connectivity index (χ4n) is 2.36. The standard InChI is InChI=1S/C12H11N5S/c1-2-4-10-8(3-1)5-9(6-13-10)11-16-17-7-14-15-12(17)18-11/h1-4,7,9,13H,5-6H2. The topological polar surface area (TPSA) is 55.1 Å².